The van der Waals surface area contributed by atoms with Crippen molar-refractivity contribution in [1.82, 2.24) is 10.6 Å². The number of amides is 3. The average molecular weight is 482 g/mol. The first-order chi connectivity index (χ1) is 17.4. The van der Waals surface area contributed by atoms with Gasteiger partial charge in [-0.3, -0.25) is 9.69 Å². The lowest BCUT2D eigenvalue weighted by molar-refractivity contribution is 0.0369. The fraction of sp³-hybridized carbons (Fsp3) is 0.267. The number of hydrogen-bond acceptors (Lipinski definition) is 3. The second-order valence-electron chi connectivity index (χ2n) is 9.69. The van der Waals surface area contributed by atoms with Crippen LogP contribution in [0.1, 0.15) is 52.0 Å². The second kappa shape index (κ2) is 9.53. The SMILES string of the molecule is C=CCc1cccc2c1O[C@]1(C)CC2NC(=O)N1c1cccc(C(=O)NCCc2ccc(C)cc2)c1. The molecule has 2 atom stereocenters. The fourth-order valence-electron chi connectivity index (χ4n) is 5.12. The third-order valence-corrected chi connectivity index (χ3v) is 6.93. The monoisotopic (exact) mass is 481 g/mol. The molecule has 1 unspecified atom stereocenters. The van der Waals surface area contributed by atoms with Gasteiger partial charge >= 0.3 is 6.03 Å². The minimum absolute atomic E-state index is 0.138. The highest BCUT2D eigenvalue weighted by molar-refractivity contribution is 5.99. The van der Waals surface area contributed by atoms with Crippen molar-refractivity contribution in [1.29, 1.82) is 0 Å². The van der Waals surface area contributed by atoms with Gasteiger partial charge in [0, 0.05) is 24.1 Å². The zero-order valence-electron chi connectivity index (χ0n) is 20.7. The van der Waals surface area contributed by atoms with Gasteiger partial charge in [-0.25, -0.2) is 4.79 Å². The molecule has 6 heteroatoms. The Labute approximate surface area is 212 Å². The Morgan fingerprint density at radius 2 is 1.97 bits per heavy atom. The van der Waals surface area contributed by atoms with Gasteiger partial charge in [0.15, 0.2) is 5.72 Å². The molecule has 2 heterocycles. The van der Waals surface area contributed by atoms with Crippen LogP contribution in [0.4, 0.5) is 10.5 Å². The molecule has 0 saturated carbocycles. The van der Waals surface area contributed by atoms with Crippen molar-refractivity contribution in [3.63, 3.8) is 0 Å². The van der Waals surface area contributed by atoms with E-state index in [0.29, 0.717) is 30.6 Å². The Hall–Kier alpha value is -4.06. The zero-order valence-corrected chi connectivity index (χ0v) is 20.7. The van der Waals surface area contributed by atoms with Gasteiger partial charge in [-0.05, 0) is 56.0 Å². The second-order valence-corrected chi connectivity index (χ2v) is 9.69. The normalized spacial score (nSPS) is 20.1. The Bertz CT molecular complexity index is 1320. The molecular formula is C30H31N3O3. The molecule has 0 radical (unpaired) electrons. The standard InChI is InChI=1S/C30H31N3O3/c1-4-7-22-8-6-11-25-26-19-30(3,36-27(22)25)33(29(35)32-26)24-10-5-9-23(18-24)28(34)31-17-16-21-14-12-20(2)13-15-21/h4-6,8-15,18,26H,1,7,16-17,19H2,2-3H3,(H,31,34)(H,32,35)/t26?,30-/m1/s1. The van der Waals surface area contributed by atoms with Crippen molar-refractivity contribution in [2.45, 2.75) is 44.9 Å². The van der Waals surface area contributed by atoms with Crippen LogP contribution >= 0.6 is 0 Å². The summed E-state index contributed by atoms with van der Waals surface area (Å²) in [5.41, 5.74) is 4.63. The van der Waals surface area contributed by atoms with Crippen molar-refractivity contribution in [3.8, 4) is 5.75 Å². The third-order valence-electron chi connectivity index (χ3n) is 6.93. The topological polar surface area (TPSA) is 70.7 Å². The number of fused-ring (bicyclic) bond motifs is 4. The molecule has 0 aromatic heterocycles. The van der Waals surface area contributed by atoms with E-state index in [1.54, 1.807) is 23.1 Å². The van der Waals surface area contributed by atoms with E-state index in [2.05, 4.69) is 48.4 Å². The quantitative estimate of drug-likeness (QED) is 0.440. The Balaban J connectivity index is 1.36. The lowest BCUT2D eigenvalue weighted by atomic mass is 9.88. The summed E-state index contributed by atoms with van der Waals surface area (Å²) in [6.07, 6.45) is 3.87. The van der Waals surface area contributed by atoms with Crippen molar-refractivity contribution in [2.24, 2.45) is 0 Å². The van der Waals surface area contributed by atoms with Crippen LogP contribution in [0.3, 0.4) is 0 Å². The van der Waals surface area contributed by atoms with E-state index in [1.807, 2.05) is 37.3 Å². The van der Waals surface area contributed by atoms with Crippen LogP contribution in [-0.4, -0.2) is 24.2 Å². The molecule has 2 aliphatic rings. The predicted molar refractivity (Wildman–Crippen MR) is 141 cm³/mol. The van der Waals surface area contributed by atoms with Crippen LogP contribution in [0.15, 0.2) is 79.4 Å². The number of hydrogen-bond donors (Lipinski definition) is 2. The number of nitrogens with zero attached hydrogens (tertiary/aromatic N) is 1. The molecule has 6 nitrogen and oxygen atoms in total. The Morgan fingerprint density at radius 1 is 1.19 bits per heavy atom. The summed E-state index contributed by atoms with van der Waals surface area (Å²) in [5.74, 6) is 0.624. The number of aryl methyl sites for hydroxylation is 1. The fourth-order valence-corrected chi connectivity index (χ4v) is 5.12. The molecule has 3 aromatic rings. The van der Waals surface area contributed by atoms with Crippen LogP contribution in [0.2, 0.25) is 0 Å². The largest absolute Gasteiger partial charge is 0.467 e. The number of para-hydroxylation sites is 1. The maximum absolute atomic E-state index is 13.3. The molecule has 36 heavy (non-hydrogen) atoms. The molecule has 184 valence electrons. The predicted octanol–water partition coefficient (Wildman–Crippen LogP) is 5.47. The van der Waals surface area contributed by atoms with E-state index in [0.717, 1.165) is 23.3 Å². The highest BCUT2D eigenvalue weighted by Gasteiger charge is 2.50. The van der Waals surface area contributed by atoms with Crippen LogP contribution < -0.4 is 20.3 Å². The number of anilines is 1. The van der Waals surface area contributed by atoms with Gasteiger partial charge in [0.05, 0.1) is 11.7 Å². The summed E-state index contributed by atoms with van der Waals surface area (Å²) in [6.45, 7) is 8.38. The smallest absolute Gasteiger partial charge is 0.325 e. The summed E-state index contributed by atoms with van der Waals surface area (Å²) in [5, 5.41) is 6.12. The molecule has 2 aliphatic heterocycles. The van der Waals surface area contributed by atoms with Gasteiger partial charge in [-0.15, -0.1) is 6.58 Å². The van der Waals surface area contributed by atoms with Crippen LogP contribution in [0, 0.1) is 6.92 Å². The summed E-state index contributed by atoms with van der Waals surface area (Å²) in [6, 6.07) is 21.1. The molecule has 3 aromatic carbocycles. The minimum atomic E-state index is -0.891. The summed E-state index contributed by atoms with van der Waals surface area (Å²) < 4.78 is 6.55. The number of carbonyl (C=O) groups excluding carboxylic acids is 2. The molecule has 1 saturated heterocycles. The van der Waals surface area contributed by atoms with E-state index in [4.69, 9.17) is 4.74 Å². The third kappa shape index (κ3) is 4.47. The molecule has 0 spiro atoms. The number of ether oxygens (including phenoxy) is 1. The Kier molecular flexibility index (Phi) is 6.27. The van der Waals surface area contributed by atoms with Gasteiger partial charge < -0.3 is 15.4 Å². The number of rotatable bonds is 7. The summed E-state index contributed by atoms with van der Waals surface area (Å²) in [7, 11) is 0. The highest BCUT2D eigenvalue weighted by Crippen LogP contribution is 2.47. The molecule has 2 N–H and O–H groups in total. The average Bonchev–Trinajstić information content (AvgIpc) is 2.85. The van der Waals surface area contributed by atoms with Crippen molar-refractivity contribution < 1.29 is 14.3 Å². The molecule has 0 aliphatic carbocycles. The molecular weight excluding hydrogens is 450 g/mol. The number of allylic oxidation sites excluding steroid dienone is 1. The number of benzene rings is 3. The lowest BCUT2D eigenvalue weighted by Crippen LogP contribution is -2.65. The zero-order chi connectivity index (χ0) is 25.3. The van der Waals surface area contributed by atoms with Crippen LogP contribution in [0.5, 0.6) is 5.75 Å². The first-order valence-corrected chi connectivity index (χ1v) is 12.3. The van der Waals surface area contributed by atoms with E-state index in [-0.39, 0.29) is 18.0 Å². The molecule has 1 fully saturated rings. The minimum Gasteiger partial charge on any atom is -0.467 e. The van der Waals surface area contributed by atoms with Crippen LogP contribution in [0.25, 0.3) is 0 Å². The number of carbonyl (C=O) groups is 2. The van der Waals surface area contributed by atoms with E-state index in [9.17, 15) is 9.59 Å². The number of nitrogens with one attached hydrogen (secondary N) is 2. The lowest BCUT2D eigenvalue weighted by Gasteiger charge is -2.51. The molecule has 3 amide bonds. The first kappa shape index (κ1) is 23.7. The maximum Gasteiger partial charge on any atom is 0.325 e. The van der Waals surface area contributed by atoms with Gasteiger partial charge in [0.2, 0.25) is 0 Å². The highest BCUT2D eigenvalue weighted by atomic mass is 16.5. The van der Waals surface area contributed by atoms with Crippen molar-refractivity contribution >= 4 is 17.6 Å². The van der Waals surface area contributed by atoms with Crippen molar-refractivity contribution in [3.05, 3.63) is 107 Å². The van der Waals surface area contributed by atoms with E-state index in [1.165, 1.54) is 11.1 Å². The van der Waals surface area contributed by atoms with Gasteiger partial charge in [0.25, 0.3) is 5.91 Å². The van der Waals surface area contributed by atoms with E-state index < -0.39 is 5.72 Å². The first-order valence-electron chi connectivity index (χ1n) is 12.3. The van der Waals surface area contributed by atoms with Crippen LogP contribution in [-0.2, 0) is 12.8 Å². The maximum atomic E-state index is 13.3. The summed E-state index contributed by atoms with van der Waals surface area (Å²) >= 11 is 0. The molecule has 2 bridgehead atoms. The van der Waals surface area contributed by atoms with Crippen molar-refractivity contribution in [2.75, 3.05) is 11.4 Å². The van der Waals surface area contributed by atoms with Gasteiger partial charge in [-0.1, -0.05) is 60.2 Å². The molecule has 5 rings (SSSR count). The van der Waals surface area contributed by atoms with E-state index >= 15 is 0 Å². The van der Waals surface area contributed by atoms with Gasteiger partial charge in [-0.2, -0.15) is 0 Å². The summed E-state index contributed by atoms with van der Waals surface area (Å²) in [4.78, 5) is 27.8. The van der Waals surface area contributed by atoms with Gasteiger partial charge in [0.1, 0.15) is 5.75 Å². The number of urea groups is 1. The Morgan fingerprint density at radius 3 is 2.75 bits per heavy atom.